The van der Waals surface area contributed by atoms with Crippen LogP contribution in [0.1, 0.15) is 5.56 Å². The van der Waals surface area contributed by atoms with Gasteiger partial charge in [0.15, 0.2) is 0 Å². The summed E-state index contributed by atoms with van der Waals surface area (Å²) in [6, 6.07) is 46.2. The van der Waals surface area contributed by atoms with Crippen LogP contribution in [0.15, 0.2) is 189 Å². The van der Waals surface area contributed by atoms with Crippen LogP contribution in [0.3, 0.4) is 0 Å². The Labute approximate surface area is 408 Å². The van der Waals surface area contributed by atoms with Crippen molar-refractivity contribution in [3.05, 3.63) is 175 Å². The molecule has 9 aromatic rings. The van der Waals surface area contributed by atoms with Crippen molar-refractivity contribution in [1.29, 1.82) is 0 Å². The molecule has 0 unspecified atom stereocenters. The second kappa shape index (κ2) is 17.1. The van der Waals surface area contributed by atoms with Crippen molar-refractivity contribution in [3.8, 4) is 22.3 Å². The molecular formula is C47H30Br4N2O8S4. The van der Waals surface area contributed by atoms with Crippen LogP contribution in [0.2, 0.25) is 0 Å². The fourth-order valence-electron chi connectivity index (χ4n) is 8.21. The Bertz CT molecular complexity index is 3490. The molecule has 0 saturated heterocycles. The Balaban J connectivity index is 0.000000143. The highest BCUT2D eigenvalue weighted by Gasteiger charge is 2.40. The van der Waals surface area contributed by atoms with Crippen molar-refractivity contribution in [1.82, 2.24) is 8.25 Å². The summed E-state index contributed by atoms with van der Waals surface area (Å²) in [7, 11) is -17.5. The molecule has 0 atom stereocenters. The molecule has 0 amide bonds. The van der Waals surface area contributed by atoms with Gasteiger partial charge in [0.25, 0.3) is 40.1 Å². The van der Waals surface area contributed by atoms with E-state index in [0.717, 1.165) is 21.5 Å². The molecule has 0 bridgehead atoms. The molecule has 9 aromatic carbocycles. The molecule has 18 heteroatoms. The number of halogens is 4. The highest BCUT2D eigenvalue weighted by atomic mass is 79.9. The fourth-order valence-corrected chi connectivity index (χ4v) is 19.4. The van der Waals surface area contributed by atoms with E-state index < -0.39 is 40.1 Å². The number of benzene rings is 9. The van der Waals surface area contributed by atoms with E-state index in [1.807, 2.05) is 75.0 Å². The quantitative estimate of drug-likeness (QED) is 0.152. The molecule has 2 heterocycles. The van der Waals surface area contributed by atoms with Crippen LogP contribution < -0.4 is 8.25 Å². The average Bonchev–Trinajstić information content (AvgIpc) is 3.37. The summed E-state index contributed by atoms with van der Waals surface area (Å²) in [5.74, 6) is 0. The van der Waals surface area contributed by atoms with E-state index in [1.54, 1.807) is 72.8 Å². The highest BCUT2D eigenvalue weighted by molar-refractivity contribution is 9.11. The predicted octanol–water partition coefficient (Wildman–Crippen LogP) is 12.3. The molecule has 0 aliphatic carbocycles. The highest BCUT2D eigenvalue weighted by Crippen LogP contribution is 2.51. The van der Waals surface area contributed by atoms with E-state index in [4.69, 9.17) is 0 Å². The van der Waals surface area contributed by atoms with E-state index in [-0.39, 0.29) is 19.6 Å². The van der Waals surface area contributed by atoms with Crippen molar-refractivity contribution >= 4 is 147 Å². The van der Waals surface area contributed by atoms with Crippen molar-refractivity contribution in [2.75, 3.05) is 0 Å². The van der Waals surface area contributed by atoms with Crippen LogP contribution in [-0.2, 0) is 40.1 Å². The number of sulfonamides is 4. The van der Waals surface area contributed by atoms with Gasteiger partial charge in [0.05, 0.1) is 0 Å². The maximum Gasteiger partial charge on any atom is 0.255 e. The minimum Gasteiger partial charge on any atom is -0.206 e. The van der Waals surface area contributed by atoms with Crippen LogP contribution in [0, 0.1) is 6.92 Å². The minimum absolute atomic E-state index is 0.0956. The summed E-state index contributed by atoms with van der Waals surface area (Å²) in [6.07, 6.45) is 0. The summed E-state index contributed by atoms with van der Waals surface area (Å²) in [6.45, 7) is 2.08. The first-order valence-corrected chi connectivity index (χ1v) is 28.4. The first-order chi connectivity index (χ1) is 30.8. The summed E-state index contributed by atoms with van der Waals surface area (Å²) in [5, 5.41) is 5.78. The average molecular weight is 1200 g/mol. The smallest absolute Gasteiger partial charge is 0.206 e. The second-order valence-corrected chi connectivity index (χ2v) is 25.4. The number of hydrogen-bond acceptors (Lipinski definition) is 8. The van der Waals surface area contributed by atoms with Gasteiger partial charge in [-0.05, 0) is 138 Å². The summed E-state index contributed by atoms with van der Waals surface area (Å²) in [4.78, 5) is -0.382. The van der Waals surface area contributed by atoms with Crippen LogP contribution in [0.25, 0.3) is 65.3 Å². The number of aryl methyl sites for hydroxylation is 1. The van der Waals surface area contributed by atoms with Gasteiger partial charge in [-0.1, -0.05) is 133 Å². The van der Waals surface area contributed by atoms with Gasteiger partial charge in [-0.15, -0.1) is 8.25 Å². The van der Waals surface area contributed by atoms with Crippen LogP contribution >= 0.6 is 63.7 Å². The van der Waals surface area contributed by atoms with E-state index in [1.165, 1.54) is 5.56 Å². The third-order valence-electron chi connectivity index (χ3n) is 10.8. The Morgan fingerprint density at radius 3 is 0.754 bits per heavy atom. The van der Waals surface area contributed by atoms with Gasteiger partial charge in [-0.3, -0.25) is 0 Å². The van der Waals surface area contributed by atoms with Crippen LogP contribution in [0.4, 0.5) is 0 Å². The first kappa shape index (κ1) is 45.8. The largest absolute Gasteiger partial charge is 0.255 e. The third kappa shape index (κ3) is 8.19. The second-order valence-electron chi connectivity index (χ2n) is 15.0. The predicted molar refractivity (Wildman–Crippen MR) is 271 cm³/mol. The molecule has 2 aliphatic rings. The van der Waals surface area contributed by atoms with E-state index >= 15 is 0 Å². The van der Waals surface area contributed by atoms with Crippen molar-refractivity contribution < 1.29 is 33.7 Å². The lowest BCUT2D eigenvalue weighted by Crippen LogP contribution is -2.29. The molecule has 0 saturated carbocycles. The molecule has 328 valence electrons. The van der Waals surface area contributed by atoms with Gasteiger partial charge >= 0.3 is 0 Å². The number of hydrogen-bond donors (Lipinski definition) is 2. The molecule has 65 heavy (non-hydrogen) atoms. The topological polar surface area (TPSA) is 161 Å². The van der Waals surface area contributed by atoms with Crippen molar-refractivity contribution in [2.45, 2.75) is 26.5 Å². The molecule has 0 fully saturated rings. The molecule has 2 aliphatic heterocycles. The number of fused-ring (bicyclic) bond motifs is 14. The maximum absolute atomic E-state index is 13.2. The zero-order chi connectivity index (χ0) is 46.2. The Hall–Kier alpha value is -4.34. The molecule has 0 spiro atoms. The Kier molecular flexibility index (Phi) is 12.0. The van der Waals surface area contributed by atoms with Crippen LogP contribution in [-0.4, -0.2) is 33.7 Å². The van der Waals surface area contributed by atoms with Gasteiger partial charge in [0.1, 0.15) is 19.6 Å². The minimum atomic E-state index is -4.37. The maximum atomic E-state index is 13.2. The number of nitrogens with one attached hydrogen (secondary N) is 2. The fraction of sp³-hybridized carbons (Fsp3) is 0.0213. The van der Waals surface area contributed by atoms with E-state index in [2.05, 4.69) is 82.8 Å². The van der Waals surface area contributed by atoms with Gasteiger partial charge in [-0.2, -0.15) is 0 Å². The normalized spacial score (nSPS) is 16.0. The van der Waals surface area contributed by atoms with E-state index in [9.17, 15) is 33.7 Å². The van der Waals surface area contributed by atoms with Gasteiger partial charge in [0, 0.05) is 40.1 Å². The molecule has 2 N–H and O–H groups in total. The lowest BCUT2D eigenvalue weighted by Gasteiger charge is -2.16. The van der Waals surface area contributed by atoms with Crippen molar-refractivity contribution in [2.24, 2.45) is 0 Å². The molecule has 0 radical (unpaired) electrons. The Morgan fingerprint density at radius 2 is 0.538 bits per heavy atom. The lowest BCUT2D eigenvalue weighted by molar-refractivity contribution is 0.574. The standard InChI is InChI=1S/2C20H11Br2NO4S2.C7H8/c2*21-15-9-11-5-1-3-7-13(11)17-18-14-8-4-2-6-12(14)10-16(22)20(18)29(26,27)23-28(24,25)19(15)17;1-7-5-3-2-4-6-7/h2*1-10,23H;2-6H,1H3. The molecule has 10 nitrogen and oxygen atoms in total. The van der Waals surface area contributed by atoms with Crippen molar-refractivity contribution in [3.63, 3.8) is 0 Å². The van der Waals surface area contributed by atoms with Gasteiger partial charge in [0.2, 0.25) is 0 Å². The first-order valence-electron chi connectivity index (χ1n) is 19.3. The number of rotatable bonds is 0. The zero-order valence-electron chi connectivity index (χ0n) is 33.3. The SMILES string of the molecule is Cc1ccccc1.O=S1(=O)NS(=O)(=O)c2c(Br)cc3ccccc3c2-c2c1c(Br)cc1ccccc21.O=S1(=O)NS(=O)(=O)c2c(Br)cc3ccccc3c2-c2c1c(Br)cc1ccccc21. The van der Waals surface area contributed by atoms with Gasteiger partial charge in [-0.25, -0.2) is 33.7 Å². The molecular weight excluding hydrogens is 1170 g/mol. The lowest BCUT2D eigenvalue weighted by atomic mass is 9.93. The Morgan fingerprint density at radius 1 is 0.323 bits per heavy atom. The summed E-state index contributed by atoms with van der Waals surface area (Å²) in [5.41, 5.74) is 2.75. The molecule has 0 aromatic heterocycles. The monoisotopic (exact) mass is 1190 g/mol. The molecule has 11 rings (SSSR count). The van der Waals surface area contributed by atoms with Gasteiger partial charge < -0.3 is 0 Å². The van der Waals surface area contributed by atoms with Crippen LogP contribution in [0.5, 0.6) is 0 Å². The summed E-state index contributed by atoms with van der Waals surface area (Å²) < 4.78 is 110. The summed E-state index contributed by atoms with van der Waals surface area (Å²) >= 11 is 13.4. The van der Waals surface area contributed by atoms with E-state index in [0.29, 0.717) is 61.7 Å². The zero-order valence-corrected chi connectivity index (χ0v) is 43.0. The third-order valence-corrected chi connectivity index (χ3v) is 21.7.